The number of imidazole rings is 2. The van der Waals surface area contributed by atoms with Gasteiger partial charge in [-0.05, 0) is 12.8 Å². The molecule has 0 aromatic carbocycles. The van der Waals surface area contributed by atoms with Gasteiger partial charge in [0.2, 0.25) is 21.8 Å². The summed E-state index contributed by atoms with van der Waals surface area (Å²) in [5.74, 6) is -1.77. The van der Waals surface area contributed by atoms with E-state index >= 15 is 0 Å². The standard InChI is InChI=1S/C35H49N13O26P4S/c1-45-13-48(29-21(45)30(53)44-34(37)43-29)31-22(50)15(7-41-79(63,64)14-3-4-14)16(69-31)8-67-76(57,58)73-78(61,62)74-77(59,60)68-10-18-25(26(65-2)33(71-18)47-12-40-20-27(36)38-11-39-28(20)47)72-75(55,56)66-9-17-23(51)24(52)32(70-17)46-6-5-19(49)42-35(46)54/h5-6,11-18,22-26,31-33,41,50-52H,3-4,7-10H2,1-2H3,(H9-,36,37,38,39,42,43,44,49,53,54,55,56,57,58,59,60,61,62)/t15-,16-,17-,18-,22-,23-,24-,25-,26-,31-,32-,33-/m1/s1. The molecular formula is C35H49N13O26P4S. The normalized spacial score (nSPS) is 30.6. The van der Waals surface area contributed by atoms with E-state index < -0.39 is 163 Å². The first-order valence-electron chi connectivity index (χ1n) is 22.8. The highest BCUT2D eigenvalue weighted by molar-refractivity contribution is 7.90. The third kappa shape index (κ3) is 12.7. The molecule has 4 unspecified atom stereocenters. The second-order valence-corrected chi connectivity index (χ2v) is 26.0. The summed E-state index contributed by atoms with van der Waals surface area (Å²) in [7, 11) is -25.4. The van der Waals surface area contributed by atoms with Crippen molar-refractivity contribution < 1.29 is 112 Å². The molecule has 5 aromatic rings. The van der Waals surface area contributed by atoms with Gasteiger partial charge in [-0.15, -0.1) is 0 Å². The first-order valence-corrected chi connectivity index (χ1v) is 30.3. The number of phosphoric ester groups is 3. The smallest absolute Gasteiger partial charge is 0.490 e. The number of hydrogen-bond acceptors (Lipinski definition) is 29. The monoisotopic (exact) mass is 1220 g/mol. The molecule has 5 aromatic heterocycles. The van der Waals surface area contributed by atoms with Gasteiger partial charge in [0, 0.05) is 31.8 Å². The molecule has 79 heavy (non-hydrogen) atoms. The summed E-state index contributed by atoms with van der Waals surface area (Å²) in [4.78, 5) is 102. The number of nitrogens with two attached hydrogens (primary N) is 2. The summed E-state index contributed by atoms with van der Waals surface area (Å²) in [5, 5.41) is 32.0. The molecule has 3 saturated heterocycles. The number of sulfonamides is 1. The topological polar surface area (TPSA) is 556 Å². The van der Waals surface area contributed by atoms with Crippen molar-refractivity contribution in [2.75, 3.05) is 44.9 Å². The molecule has 1 aliphatic carbocycles. The maximum absolute atomic E-state index is 13.5. The van der Waals surface area contributed by atoms with E-state index in [1.54, 1.807) is 0 Å². The fraction of sp³-hybridized carbons (Fsp3) is 0.600. The highest BCUT2D eigenvalue weighted by atomic mass is 32.2. The number of aliphatic hydroxyl groups is 3. The molecule has 0 bridgehead atoms. The molecule has 0 radical (unpaired) electrons. The Morgan fingerprint density at radius 3 is 2.16 bits per heavy atom. The molecule has 3 aliphatic heterocycles. The Hall–Kier alpha value is -4.67. The zero-order chi connectivity index (χ0) is 57.3. The number of H-pyrrole nitrogens is 2. The van der Waals surface area contributed by atoms with Gasteiger partial charge in [-0.3, -0.25) is 46.9 Å². The zero-order valence-corrected chi connectivity index (χ0v) is 44.8. The fourth-order valence-corrected chi connectivity index (χ4v) is 14.7. The van der Waals surface area contributed by atoms with E-state index in [-0.39, 0.29) is 34.1 Å². The Morgan fingerprint density at radius 1 is 0.848 bits per heavy atom. The van der Waals surface area contributed by atoms with Gasteiger partial charge >= 0.3 is 34.8 Å². The quantitative estimate of drug-likeness (QED) is 0.0215. The Kier molecular flexibility index (Phi) is 16.6. The van der Waals surface area contributed by atoms with Crippen LogP contribution in [0.15, 0.2) is 45.6 Å². The van der Waals surface area contributed by atoms with Crippen LogP contribution in [0.5, 0.6) is 0 Å². The fourth-order valence-electron chi connectivity index (χ4n) is 8.83. The number of nitrogen functional groups attached to an aromatic ring is 2. The molecule has 8 heterocycles. The highest BCUT2D eigenvalue weighted by Crippen LogP contribution is 2.68. The van der Waals surface area contributed by atoms with Gasteiger partial charge in [-0.2, -0.15) is 8.62 Å². The number of rotatable bonds is 23. The first kappa shape index (κ1) is 59.0. The van der Waals surface area contributed by atoms with Crippen LogP contribution in [0.4, 0.5) is 11.8 Å². The molecule has 13 N–H and O–H groups in total. The third-order valence-electron chi connectivity index (χ3n) is 12.6. The molecular weight excluding hydrogens is 1170 g/mol. The summed E-state index contributed by atoms with van der Waals surface area (Å²) in [5.41, 5.74) is 8.97. The molecule has 9 rings (SSSR count). The second-order valence-electron chi connectivity index (χ2n) is 18.0. The second kappa shape index (κ2) is 22.2. The van der Waals surface area contributed by atoms with Gasteiger partial charge in [0.05, 0.1) is 44.5 Å². The van der Waals surface area contributed by atoms with Gasteiger partial charge in [0.15, 0.2) is 30.2 Å². The lowest BCUT2D eigenvalue weighted by Crippen LogP contribution is -2.46. The Balaban J connectivity index is 0.877. The van der Waals surface area contributed by atoms with Crippen molar-refractivity contribution in [1.29, 1.82) is 0 Å². The first-order chi connectivity index (χ1) is 37.0. The SMILES string of the molecule is CO[C@@H]1[C@H](OP(=O)([O-])OC[C@H]2O[C@@H](n3ccc(=O)[nH]c3=O)[C@H](O)[C@@H]2O)[C@@H](COP(=O)(O)OP(=O)(O)OP(=O)(O)OC[C@H]2O[C@@H]([n+]3cn(C)c4c(=O)[nH]c(N)nc43)[C@H](O)[C@@H]2CNS(=O)(=O)C2CC2)O[C@H]1n1cnc2c(N)ncnc21. The van der Waals surface area contributed by atoms with Crippen LogP contribution in [0.3, 0.4) is 0 Å². The van der Waals surface area contributed by atoms with Crippen LogP contribution in [-0.2, 0) is 81.0 Å². The molecule has 1 saturated carbocycles. The van der Waals surface area contributed by atoms with Crippen molar-refractivity contribution in [3.63, 3.8) is 0 Å². The molecule has 436 valence electrons. The average molecular weight is 1220 g/mol. The third-order valence-corrected chi connectivity index (χ3v) is 19.8. The molecule has 39 nitrogen and oxygen atoms in total. The van der Waals surface area contributed by atoms with Gasteiger partial charge < -0.3 is 74.4 Å². The zero-order valence-electron chi connectivity index (χ0n) is 40.4. The number of methoxy groups -OCH3 is 1. The molecule has 44 heteroatoms. The number of phosphoric acid groups is 4. The van der Waals surface area contributed by atoms with Gasteiger partial charge in [-0.25, -0.2) is 51.1 Å². The van der Waals surface area contributed by atoms with E-state index in [4.69, 9.17) is 48.5 Å². The van der Waals surface area contributed by atoms with Crippen molar-refractivity contribution in [2.24, 2.45) is 13.0 Å². The van der Waals surface area contributed by atoms with E-state index in [1.165, 1.54) is 22.5 Å². The van der Waals surface area contributed by atoms with Crippen LogP contribution in [0.25, 0.3) is 22.3 Å². The summed E-state index contributed by atoms with van der Waals surface area (Å²) in [6.45, 7) is -4.09. The molecule has 4 aliphatic rings. The van der Waals surface area contributed by atoms with Crippen molar-refractivity contribution in [3.05, 3.63) is 62.4 Å². The largest absolute Gasteiger partial charge is 0.756 e. The minimum Gasteiger partial charge on any atom is -0.756 e. The van der Waals surface area contributed by atoms with Gasteiger partial charge in [-0.1, -0.05) is 4.98 Å². The number of aliphatic hydroxyl groups excluding tert-OH is 3. The van der Waals surface area contributed by atoms with Crippen LogP contribution < -0.4 is 42.5 Å². The van der Waals surface area contributed by atoms with E-state index in [1.807, 2.05) is 4.98 Å². The molecule has 4 fully saturated rings. The van der Waals surface area contributed by atoms with Crippen LogP contribution in [0.1, 0.15) is 31.5 Å². The number of aromatic nitrogens is 10. The Labute approximate surface area is 440 Å². The summed E-state index contributed by atoms with van der Waals surface area (Å²) in [6, 6.07) is 0.907. The van der Waals surface area contributed by atoms with Crippen LogP contribution in [0, 0.1) is 5.92 Å². The lowest BCUT2D eigenvalue weighted by molar-refractivity contribution is -0.745. The number of nitrogens with one attached hydrogen (secondary N) is 3. The number of nitrogens with zero attached hydrogens (tertiary/aromatic N) is 8. The summed E-state index contributed by atoms with van der Waals surface area (Å²) < 4.78 is 137. The number of aryl methyl sites for hydroxylation is 1. The van der Waals surface area contributed by atoms with Crippen LogP contribution in [0.2, 0.25) is 0 Å². The maximum Gasteiger partial charge on any atom is 0.490 e. The number of fused-ring (bicyclic) bond motifs is 2. The number of aromatic amines is 2. The van der Waals surface area contributed by atoms with Crippen molar-refractivity contribution in [2.45, 2.75) is 85.6 Å². The molecule has 0 spiro atoms. The summed E-state index contributed by atoms with van der Waals surface area (Å²) in [6.07, 6.45) is -13.8. The van der Waals surface area contributed by atoms with Crippen molar-refractivity contribution in [3.8, 4) is 0 Å². The predicted molar refractivity (Wildman–Crippen MR) is 253 cm³/mol. The predicted octanol–water partition coefficient (Wildman–Crippen LogP) is -5.17. The highest BCUT2D eigenvalue weighted by Gasteiger charge is 2.53. The number of hydrogen-bond donors (Lipinski definition) is 11. The lowest BCUT2D eigenvalue weighted by atomic mass is 9.98. The van der Waals surface area contributed by atoms with Crippen LogP contribution in [-0.4, -0.2) is 170 Å². The van der Waals surface area contributed by atoms with E-state index in [2.05, 4.69) is 38.3 Å². The van der Waals surface area contributed by atoms with E-state index in [0.717, 1.165) is 36.6 Å². The Morgan fingerprint density at radius 2 is 1.51 bits per heavy atom. The minimum absolute atomic E-state index is 0.0174. The van der Waals surface area contributed by atoms with Crippen molar-refractivity contribution >= 4 is 75.4 Å². The maximum atomic E-state index is 13.5. The van der Waals surface area contributed by atoms with Crippen molar-refractivity contribution in [1.82, 2.24) is 48.3 Å². The van der Waals surface area contributed by atoms with Gasteiger partial charge in [0.25, 0.3) is 24.9 Å². The number of anilines is 2. The van der Waals surface area contributed by atoms with Gasteiger partial charge in [0.1, 0.15) is 54.6 Å². The summed E-state index contributed by atoms with van der Waals surface area (Å²) >= 11 is 0. The average Bonchev–Trinajstić information content (AvgIpc) is 3.70. The molecule has 16 atom stereocenters. The van der Waals surface area contributed by atoms with Crippen LogP contribution >= 0.6 is 31.3 Å². The van der Waals surface area contributed by atoms with E-state index in [0.29, 0.717) is 17.4 Å². The molecule has 0 amide bonds. The minimum atomic E-state index is -6.28. The lowest BCUT2D eigenvalue weighted by Gasteiger charge is -2.31. The van der Waals surface area contributed by atoms with E-state index in [9.17, 15) is 76.0 Å². The number of ether oxygens (including phenoxy) is 4. The Bertz CT molecular complexity index is 3620.